The van der Waals surface area contributed by atoms with Gasteiger partial charge in [-0.1, -0.05) is 5.92 Å². The van der Waals surface area contributed by atoms with Gasteiger partial charge in [0.25, 0.3) is 5.91 Å². The molecule has 2 aromatic heterocycles. The molecule has 0 aromatic carbocycles. The van der Waals surface area contributed by atoms with Gasteiger partial charge in [-0.2, -0.15) is 0 Å². The fourth-order valence-corrected chi connectivity index (χ4v) is 5.74. The number of imidazole rings is 1. The van der Waals surface area contributed by atoms with Gasteiger partial charge in [-0.15, -0.1) is 0 Å². The molecule has 3 aliphatic heterocycles. The van der Waals surface area contributed by atoms with Gasteiger partial charge >= 0.3 is 6.09 Å². The van der Waals surface area contributed by atoms with Crippen LogP contribution in [-0.4, -0.2) is 115 Å². The Balaban J connectivity index is 1.04. The molecule has 5 heterocycles. The van der Waals surface area contributed by atoms with Crippen LogP contribution in [0.3, 0.4) is 0 Å². The number of amides is 3. The fraction of sp³-hybridized carbons (Fsp3) is 0.643. The van der Waals surface area contributed by atoms with Gasteiger partial charge in [-0.3, -0.25) is 14.2 Å². The number of nitrogen functional groups attached to an aromatic ring is 1. The number of anilines is 1. The van der Waals surface area contributed by atoms with Crippen LogP contribution in [0.2, 0.25) is 0 Å². The van der Waals surface area contributed by atoms with Crippen LogP contribution in [-0.2, 0) is 19.1 Å². The quantitative estimate of drug-likeness (QED) is 0.310. The second-order valence-electron chi connectivity index (χ2n) is 11.8. The lowest BCUT2D eigenvalue weighted by Crippen LogP contribution is -2.43. The summed E-state index contributed by atoms with van der Waals surface area (Å²) in [6.45, 7) is 1.99. The minimum Gasteiger partial charge on any atom is -0.449 e. The molecule has 0 bridgehead atoms. The molecular weight excluding hydrogens is 560 g/mol. The minimum atomic E-state index is -1.42. The number of carbonyl (C=O) groups is 3. The molecule has 15 heteroatoms. The second kappa shape index (κ2) is 11.9. The number of hydrogen-bond donors (Lipinski definition) is 4. The highest BCUT2D eigenvalue weighted by atomic mass is 16.6. The van der Waals surface area contributed by atoms with Gasteiger partial charge in [0.05, 0.1) is 12.9 Å². The Kier molecular flexibility index (Phi) is 8.08. The lowest BCUT2D eigenvalue weighted by molar-refractivity contribution is -0.137. The predicted molar refractivity (Wildman–Crippen MR) is 150 cm³/mol. The average molecular weight is 597 g/mol. The van der Waals surface area contributed by atoms with Crippen molar-refractivity contribution in [2.45, 2.75) is 69.1 Å². The number of aromatic nitrogens is 4. The molecule has 4 fully saturated rings. The molecule has 2 aromatic rings. The van der Waals surface area contributed by atoms with Crippen LogP contribution in [0.1, 0.15) is 50.6 Å². The molecule has 5 N–H and O–H groups in total. The van der Waals surface area contributed by atoms with Crippen LogP contribution in [0, 0.1) is 23.7 Å². The number of nitrogens with zero attached hydrogens (tertiary/aromatic N) is 6. The zero-order chi connectivity index (χ0) is 30.2. The maximum Gasteiger partial charge on any atom is 0.409 e. The number of rotatable bonds is 6. The smallest absolute Gasteiger partial charge is 0.409 e. The van der Waals surface area contributed by atoms with Crippen LogP contribution in [0.4, 0.5) is 10.6 Å². The summed E-state index contributed by atoms with van der Waals surface area (Å²) in [5.41, 5.74) is 6.67. The third-order valence-electron chi connectivity index (χ3n) is 8.47. The van der Waals surface area contributed by atoms with Crippen molar-refractivity contribution in [2.75, 3.05) is 39.0 Å². The molecule has 1 unspecified atom stereocenters. The Morgan fingerprint density at radius 3 is 2.63 bits per heavy atom. The zero-order valence-electron chi connectivity index (χ0n) is 23.9. The van der Waals surface area contributed by atoms with E-state index in [0.29, 0.717) is 32.5 Å². The van der Waals surface area contributed by atoms with Gasteiger partial charge in [0.1, 0.15) is 17.7 Å². The Labute approximate surface area is 247 Å². The highest BCUT2D eigenvalue weighted by Crippen LogP contribution is 2.33. The van der Waals surface area contributed by atoms with Crippen LogP contribution in [0.15, 0.2) is 6.33 Å². The number of nitrogens with two attached hydrogens (primary N) is 1. The number of piperidine rings is 1. The summed E-state index contributed by atoms with van der Waals surface area (Å²) < 4.78 is 12.6. The number of ether oxygens (including phenoxy) is 2. The minimum absolute atomic E-state index is 0.0427. The first-order valence-electron chi connectivity index (χ1n) is 14.6. The van der Waals surface area contributed by atoms with E-state index in [1.165, 1.54) is 10.9 Å². The lowest BCUT2D eigenvalue weighted by atomic mass is 9.94. The number of carbonyl (C=O) groups excluding carboxylic acids is 3. The van der Waals surface area contributed by atoms with Crippen molar-refractivity contribution in [3.63, 3.8) is 0 Å². The topological polar surface area (TPSA) is 198 Å². The van der Waals surface area contributed by atoms with Gasteiger partial charge in [0.15, 0.2) is 23.8 Å². The van der Waals surface area contributed by atoms with E-state index >= 15 is 0 Å². The normalized spacial score (nSPS) is 27.8. The SMILES string of the molecule is CN1CC(COC(=O)N2CCC(CC#Cc3nc(N)c4ncn([C@@H]5O[C@H](C(=O)NC6CC6)[C@@H](O)[C@H]5O)c4n3)CC2)CC1=O. The number of hydrogen-bond acceptors (Lipinski definition) is 11. The van der Waals surface area contributed by atoms with Crippen molar-refractivity contribution in [3.8, 4) is 11.8 Å². The molecule has 15 nitrogen and oxygen atoms in total. The molecule has 4 aliphatic rings. The summed E-state index contributed by atoms with van der Waals surface area (Å²) >= 11 is 0. The van der Waals surface area contributed by atoms with Gasteiger partial charge in [-0.05, 0) is 37.5 Å². The first kappa shape index (κ1) is 29.1. The van der Waals surface area contributed by atoms with Crippen LogP contribution in [0.5, 0.6) is 0 Å². The maximum atomic E-state index is 12.5. The largest absolute Gasteiger partial charge is 0.449 e. The summed E-state index contributed by atoms with van der Waals surface area (Å²) in [5.74, 6) is 6.27. The molecule has 3 amide bonds. The van der Waals surface area contributed by atoms with E-state index in [1.807, 2.05) is 0 Å². The monoisotopic (exact) mass is 596 g/mol. The Morgan fingerprint density at radius 2 is 1.93 bits per heavy atom. The van der Waals surface area contributed by atoms with Crippen molar-refractivity contribution in [1.82, 2.24) is 34.6 Å². The Hall–Kier alpha value is -4.00. The van der Waals surface area contributed by atoms with E-state index in [2.05, 4.69) is 32.1 Å². The third kappa shape index (κ3) is 6.22. The van der Waals surface area contributed by atoms with Crippen molar-refractivity contribution >= 4 is 34.9 Å². The summed E-state index contributed by atoms with van der Waals surface area (Å²) in [6.07, 6.45) is 0.168. The molecule has 43 heavy (non-hydrogen) atoms. The zero-order valence-corrected chi connectivity index (χ0v) is 23.9. The van der Waals surface area contributed by atoms with E-state index in [4.69, 9.17) is 15.2 Å². The average Bonchev–Trinajstić information content (AvgIpc) is 3.49. The highest BCUT2D eigenvalue weighted by molar-refractivity contribution is 5.83. The van der Waals surface area contributed by atoms with E-state index in [-0.39, 0.29) is 59.3 Å². The van der Waals surface area contributed by atoms with Gasteiger partial charge in [-0.25, -0.2) is 19.7 Å². The second-order valence-corrected chi connectivity index (χ2v) is 11.8. The molecular formula is C28H36N8O7. The third-order valence-corrected chi connectivity index (χ3v) is 8.47. The molecule has 1 aliphatic carbocycles. The number of aliphatic hydroxyl groups is 2. The number of likely N-dealkylation sites (tertiary alicyclic amines) is 2. The van der Waals surface area contributed by atoms with E-state index in [1.54, 1.807) is 16.8 Å². The molecule has 0 spiro atoms. The molecule has 6 rings (SSSR count). The summed E-state index contributed by atoms with van der Waals surface area (Å²) in [7, 11) is 1.75. The van der Waals surface area contributed by atoms with Gasteiger partial charge in [0, 0.05) is 51.5 Å². The van der Waals surface area contributed by atoms with Crippen molar-refractivity contribution in [2.24, 2.45) is 11.8 Å². The molecule has 5 atom stereocenters. The predicted octanol–water partition coefficient (Wildman–Crippen LogP) is -0.625. The number of nitrogens with one attached hydrogen (secondary N) is 1. The molecule has 230 valence electrons. The number of fused-ring (bicyclic) bond motifs is 1. The summed E-state index contributed by atoms with van der Waals surface area (Å²) in [4.78, 5) is 53.0. The maximum absolute atomic E-state index is 12.5. The highest BCUT2D eigenvalue weighted by Gasteiger charge is 2.48. The first-order valence-corrected chi connectivity index (χ1v) is 14.6. The standard InChI is InChI=1S/C28H36N8O7/c1-34-12-16(11-19(34)37)13-42-28(41)35-9-7-15(8-10-35)3-2-4-18-32-24(29)20-25(33-18)36(14-30-20)27-22(39)21(38)23(43-27)26(40)31-17-5-6-17/h14-17,21-23,27,38-39H,3,5-13H2,1H3,(H,31,40)(H2,29,32,33)/t16?,21-,22+,23-,27+/m0/s1. The van der Waals surface area contributed by atoms with E-state index < -0.39 is 30.4 Å². The fourth-order valence-electron chi connectivity index (χ4n) is 5.74. The van der Waals surface area contributed by atoms with Crippen LogP contribution < -0.4 is 11.1 Å². The number of aliphatic hydroxyl groups excluding tert-OH is 2. The molecule has 1 saturated carbocycles. The molecule has 0 radical (unpaired) electrons. The van der Waals surface area contributed by atoms with Gasteiger partial charge in [0.2, 0.25) is 11.7 Å². The van der Waals surface area contributed by atoms with Crippen molar-refractivity contribution in [1.29, 1.82) is 0 Å². The van der Waals surface area contributed by atoms with Crippen LogP contribution in [0.25, 0.3) is 11.2 Å². The lowest BCUT2D eigenvalue weighted by Gasteiger charge is -2.30. The Morgan fingerprint density at radius 1 is 1.16 bits per heavy atom. The van der Waals surface area contributed by atoms with Crippen molar-refractivity contribution in [3.05, 3.63) is 12.2 Å². The van der Waals surface area contributed by atoms with E-state index in [0.717, 1.165) is 25.7 Å². The molecule has 3 saturated heterocycles. The van der Waals surface area contributed by atoms with Crippen LogP contribution >= 0.6 is 0 Å². The summed E-state index contributed by atoms with van der Waals surface area (Å²) in [5, 5.41) is 24.0. The van der Waals surface area contributed by atoms with Crippen molar-refractivity contribution < 1.29 is 34.1 Å². The van der Waals surface area contributed by atoms with E-state index in [9.17, 15) is 24.6 Å². The Bertz CT molecular complexity index is 1460. The first-order chi connectivity index (χ1) is 20.7. The summed E-state index contributed by atoms with van der Waals surface area (Å²) in [6, 6.07) is 0.0781. The van der Waals surface area contributed by atoms with Gasteiger partial charge < -0.3 is 40.5 Å².